The number of rotatable bonds is 7. The molecule has 0 bridgehead atoms. The van der Waals surface area contributed by atoms with E-state index in [1.54, 1.807) is 51.4 Å². The molecule has 1 aromatic heterocycles. The van der Waals surface area contributed by atoms with Gasteiger partial charge in [-0.2, -0.15) is 0 Å². The van der Waals surface area contributed by atoms with Crippen molar-refractivity contribution < 1.29 is 19.1 Å². The lowest BCUT2D eigenvalue weighted by Gasteiger charge is -2.34. The van der Waals surface area contributed by atoms with Gasteiger partial charge in [0.05, 0.1) is 37.5 Å². The van der Waals surface area contributed by atoms with Crippen LogP contribution in [0.15, 0.2) is 36.4 Å². The zero-order chi connectivity index (χ0) is 25.8. The molecule has 4 rings (SSSR count). The lowest BCUT2D eigenvalue weighted by molar-refractivity contribution is 0.0827. The van der Waals surface area contributed by atoms with Gasteiger partial charge in [-0.05, 0) is 37.3 Å². The van der Waals surface area contributed by atoms with Gasteiger partial charge in [0, 0.05) is 58.4 Å². The number of hydrogen-bond donors (Lipinski definition) is 1. The van der Waals surface area contributed by atoms with Crippen molar-refractivity contribution >= 4 is 28.7 Å². The summed E-state index contributed by atoms with van der Waals surface area (Å²) in [6, 6.07) is 10.8. The third-order valence-corrected chi connectivity index (χ3v) is 6.47. The van der Waals surface area contributed by atoms with E-state index in [0.717, 1.165) is 36.5 Å². The number of fused-ring (bicyclic) bond motifs is 1. The maximum absolute atomic E-state index is 12.9. The summed E-state index contributed by atoms with van der Waals surface area (Å²) in [5.41, 5.74) is 3.09. The molecule has 10 heteroatoms. The van der Waals surface area contributed by atoms with E-state index in [0.29, 0.717) is 42.4 Å². The van der Waals surface area contributed by atoms with Crippen LogP contribution >= 0.6 is 0 Å². The zero-order valence-electron chi connectivity index (χ0n) is 21.6. The second kappa shape index (κ2) is 10.9. The molecular formula is C26H34N6O4. The van der Waals surface area contributed by atoms with Gasteiger partial charge in [-0.25, -0.2) is 9.78 Å². The topological polar surface area (TPSA) is 92.2 Å². The number of ether oxygens (including phenoxy) is 2. The summed E-state index contributed by atoms with van der Waals surface area (Å²) in [7, 11) is 6.64. The molecule has 1 N–H and O–H groups in total. The molecule has 2 heterocycles. The van der Waals surface area contributed by atoms with E-state index in [9.17, 15) is 9.59 Å². The minimum atomic E-state index is -0.156. The summed E-state index contributed by atoms with van der Waals surface area (Å²) in [5.74, 6) is 2.14. The summed E-state index contributed by atoms with van der Waals surface area (Å²) in [6.45, 7) is 6.27. The van der Waals surface area contributed by atoms with Gasteiger partial charge in [-0.1, -0.05) is 0 Å². The number of imidazole rings is 1. The van der Waals surface area contributed by atoms with Crippen molar-refractivity contribution in [1.29, 1.82) is 0 Å². The van der Waals surface area contributed by atoms with Crippen LogP contribution in [0.4, 0.5) is 10.5 Å². The quantitative estimate of drug-likeness (QED) is 0.543. The monoisotopic (exact) mass is 494 g/mol. The lowest BCUT2D eigenvalue weighted by atomic mass is 10.2. The summed E-state index contributed by atoms with van der Waals surface area (Å²) in [4.78, 5) is 35.8. The van der Waals surface area contributed by atoms with Crippen LogP contribution < -0.4 is 14.8 Å². The Labute approximate surface area is 211 Å². The number of benzene rings is 2. The molecule has 1 saturated heterocycles. The Morgan fingerprint density at radius 3 is 2.42 bits per heavy atom. The highest BCUT2D eigenvalue weighted by Gasteiger charge is 2.24. The summed E-state index contributed by atoms with van der Waals surface area (Å²) >= 11 is 0. The summed E-state index contributed by atoms with van der Waals surface area (Å²) < 4.78 is 12.8. The second-order valence-corrected chi connectivity index (χ2v) is 8.93. The first-order chi connectivity index (χ1) is 17.3. The van der Waals surface area contributed by atoms with E-state index < -0.39 is 0 Å². The summed E-state index contributed by atoms with van der Waals surface area (Å²) in [6.07, 6.45) is 0. The van der Waals surface area contributed by atoms with Gasteiger partial charge in [0.1, 0.15) is 17.3 Å². The molecule has 0 aliphatic carbocycles. The molecule has 10 nitrogen and oxygen atoms in total. The third kappa shape index (κ3) is 5.23. The Kier molecular flexibility index (Phi) is 7.64. The van der Waals surface area contributed by atoms with Gasteiger partial charge in [-0.3, -0.25) is 9.69 Å². The van der Waals surface area contributed by atoms with Crippen LogP contribution in [0.25, 0.3) is 11.0 Å². The van der Waals surface area contributed by atoms with E-state index in [1.807, 2.05) is 23.1 Å². The third-order valence-electron chi connectivity index (χ3n) is 6.47. The number of methoxy groups -OCH3 is 2. The molecule has 192 valence electrons. The minimum absolute atomic E-state index is 0.0360. The minimum Gasteiger partial charge on any atom is -0.497 e. The van der Waals surface area contributed by atoms with Gasteiger partial charge < -0.3 is 29.2 Å². The molecule has 3 amide bonds. The highest BCUT2D eigenvalue weighted by molar-refractivity contribution is 5.97. The van der Waals surface area contributed by atoms with Gasteiger partial charge >= 0.3 is 6.03 Å². The van der Waals surface area contributed by atoms with Crippen LogP contribution in [0.3, 0.4) is 0 Å². The average molecular weight is 495 g/mol. The maximum atomic E-state index is 12.9. The maximum Gasteiger partial charge on any atom is 0.322 e. The smallest absolute Gasteiger partial charge is 0.322 e. The van der Waals surface area contributed by atoms with Crippen LogP contribution in [-0.2, 0) is 13.1 Å². The molecule has 0 spiro atoms. The van der Waals surface area contributed by atoms with Crippen molar-refractivity contribution in [1.82, 2.24) is 24.3 Å². The molecule has 3 aromatic rings. The number of carbonyl (C=O) groups is 2. The molecule has 1 fully saturated rings. The Bertz CT molecular complexity index is 1250. The zero-order valence-corrected chi connectivity index (χ0v) is 21.6. The fourth-order valence-corrected chi connectivity index (χ4v) is 4.45. The predicted octanol–water partition coefficient (Wildman–Crippen LogP) is 3.12. The summed E-state index contributed by atoms with van der Waals surface area (Å²) in [5, 5.41) is 2.95. The van der Waals surface area contributed by atoms with E-state index in [-0.39, 0.29) is 11.9 Å². The lowest BCUT2D eigenvalue weighted by Crippen LogP contribution is -2.49. The van der Waals surface area contributed by atoms with Crippen LogP contribution in [0, 0.1) is 0 Å². The Morgan fingerprint density at radius 1 is 1.03 bits per heavy atom. The van der Waals surface area contributed by atoms with E-state index in [1.165, 1.54) is 0 Å². The first-order valence-electron chi connectivity index (χ1n) is 12.1. The number of piperazine rings is 1. The van der Waals surface area contributed by atoms with Gasteiger partial charge in [0.2, 0.25) is 0 Å². The number of hydrogen-bond acceptors (Lipinski definition) is 6. The number of aromatic nitrogens is 2. The predicted molar refractivity (Wildman–Crippen MR) is 139 cm³/mol. The molecule has 1 aliphatic heterocycles. The molecule has 36 heavy (non-hydrogen) atoms. The van der Waals surface area contributed by atoms with E-state index in [4.69, 9.17) is 14.5 Å². The number of carbonyl (C=O) groups excluding carboxylic acids is 2. The standard InChI is InChI=1S/C26H34N6O4/c1-6-32-22-10-7-18(25(33)29(2)3)15-21(22)27-24(32)17-30-11-13-31(14-12-30)26(34)28-20-9-8-19(35-4)16-23(20)36-5/h7-10,15-16H,6,11-14,17H2,1-5H3,(H,28,34). The van der Waals surface area contributed by atoms with Gasteiger partial charge in [-0.15, -0.1) is 0 Å². The number of anilines is 1. The SMILES string of the molecule is CCn1c(CN2CCN(C(=O)Nc3ccc(OC)cc3OC)CC2)nc2cc(C(=O)N(C)C)ccc21. The van der Waals surface area contributed by atoms with Crippen molar-refractivity contribution in [3.05, 3.63) is 47.8 Å². The largest absolute Gasteiger partial charge is 0.497 e. The molecule has 0 radical (unpaired) electrons. The highest BCUT2D eigenvalue weighted by atomic mass is 16.5. The molecule has 0 atom stereocenters. The molecule has 0 unspecified atom stereocenters. The van der Waals surface area contributed by atoms with Crippen molar-refractivity contribution in [2.45, 2.75) is 20.0 Å². The normalized spacial score (nSPS) is 14.1. The Morgan fingerprint density at radius 2 is 1.78 bits per heavy atom. The molecule has 1 aliphatic rings. The Hall–Kier alpha value is -3.79. The van der Waals surface area contributed by atoms with Crippen molar-refractivity contribution in [3.8, 4) is 11.5 Å². The first-order valence-corrected chi connectivity index (χ1v) is 12.1. The molecule has 2 aromatic carbocycles. The number of amides is 3. The van der Waals surface area contributed by atoms with Crippen molar-refractivity contribution in [2.24, 2.45) is 0 Å². The average Bonchev–Trinajstić information content (AvgIpc) is 3.24. The molecular weight excluding hydrogens is 460 g/mol. The fourth-order valence-electron chi connectivity index (χ4n) is 4.45. The van der Waals surface area contributed by atoms with Crippen LogP contribution in [-0.4, -0.2) is 90.7 Å². The fraction of sp³-hybridized carbons (Fsp3) is 0.423. The van der Waals surface area contributed by atoms with Gasteiger partial charge in [0.25, 0.3) is 5.91 Å². The van der Waals surface area contributed by atoms with Crippen molar-refractivity contribution in [2.75, 3.05) is 59.8 Å². The van der Waals surface area contributed by atoms with Gasteiger partial charge in [0.15, 0.2) is 0 Å². The molecule has 0 saturated carbocycles. The first kappa shape index (κ1) is 25.3. The van der Waals surface area contributed by atoms with Crippen LogP contribution in [0.2, 0.25) is 0 Å². The van der Waals surface area contributed by atoms with Crippen LogP contribution in [0.5, 0.6) is 11.5 Å². The number of nitrogens with one attached hydrogen (secondary N) is 1. The number of nitrogens with zero attached hydrogens (tertiary/aromatic N) is 5. The number of aryl methyl sites for hydroxylation is 1. The highest BCUT2D eigenvalue weighted by Crippen LogP contribution is 2.29. The van der Waals surface area contributed by atoms with Crippen molar-refractivity contribution in [3.63, 3.8) is 0 Å². The van der Waals surface area contributed by atoms with E-state index >= 15 is 0 Å². The van der Waals surface area contributed by atoms with Crippen LogP contribution in [0.1, 0.15) is 23.1 Å². The van der Waals surface area contributed by atoms with E-state index in [2.05, 4.69) is 21.7 Å². The second-order valence-electron chi connectivity index (χ2n) is 8.93. The number of urea groups is 1. The Balaban J connectivity index is 1.40.